The zero-order valence-electron chi connectivity index (χ0n) is 14.4. The van der Waals surface area contributed by atoms with Gasteiger partial charge in [-0.05, 0) is 31.4 Å². The maximum absolute atomic E-state index is 13.1. The summed E-state index contributed by atoms with van der Waals surface area (Å²) in [6.45, 7) is 1.18. The molecule has 1 atom stereocenters. The van der Waals surface area contributed by atoms with Crippen LogP contribution in [0.1, 0.15) is 25.7 Å². The predicted molar refractivity (Wildman–Crippen MR) is 100 cm³/mol. The Labute approximate surface area is 163 Å². The molecular formula is C17H24Cl2FN3O3. The van der Waals surface area contributed by atoms with Gasteiger partial charge in [0, 0.05) is 38.2 Å². The Hall–Kier alpha value is -1.57. The standard InChI is InChI=1S/C17H23ClFN3O3.ClH/c18-14-9-13(4-5-15(14)19)25-11-17(24)22-8-2-1-3-12(22)10-21-16(23)6-7-20;/h4-5,9,12H,1-3,6-8,10-11,20H2,(H,21,23);1H. The first-order chi connectivity index (χ1) is 12.0. The van der Waals surface area contributed by atoms with Crippen LogP contribution in [0.25, 0.3) is 0 Å². The highest BCUT2D eigenvalue weighted by Gasteiger charge is 2.27. The lowest BCUT2D eigenvalue weighted by Gasteiger charge is -2.35. The Morgan fingerprint density at radius 2 is 2.15 bits per heavy atom. The fourth-order valence-electron chi connectivity index (χ4n) is 2.79. The molecule has 1 aliphatic rings. The summed E-state index contributed by atoms with van der Waals surface area (Å²) in [5.41, 5.74) is 5.35. The van der Waals surface area contributed by atoms with E-state index in [9.17, 15) is 14.0 Å². The zero-order chi connectivity index (χ0) is 18.2. The van der Waals surface area contributed by atoms with Gasteiger partial charge in [-0.1, -0.05) is 11.6 Å². The van der Waals surface area contributed by atoms with Crippen LogP contribution in [0.2, 0.25) is 5.02 Å². The average Bonchev–Trinajstić information content (AvgIpc) is 2.61. The lowest BCUT2D eigenvalue weighted by molar-refractivity contribution is -0.137. The second-order valence-electron chi connectivity index (χ2n) is 5.94. The molecule has 1 aliphatic heterocycles. The lowest BCUT2D eigenvalue weighted by atomic mass is 10.0. The van der Waals surface area contributed by atoms with Gasteiger partial charge in [-0.3, -0.25) is 9.59 Å². The van der Waals surface area contributed by atoms with Crippen molar-refractivity contribution in [3.05, 3.63) is 29.0 Å². The number of nitrogens with two attached hydrogens (primary N) is 1. The van der Waals surface area contributed by atoms with E-state index in [-0.39, 0.29) is 48.3 Å². The molecule has 0 saturated carbocycles. The van der Waals surface area contributed by atoms with Crippen LogP contribution in [0.5, 0.6) is 5.75 Å². The van der Waals surface area contributed by atoms with Gasteiger partial charge in [0.25, 0.3) is 5.91 Å². The van der Waals surface area contributed by atoms with Crippen molar-refractivity contribution in [3.8, 4) is 5.75 Å². The Kier molecular flexibility index (Phi) is 9.69. The van der Waals surface area contributed by atoms with Gasteiger partial charge in [-0.2, -0.15) is 0 Å². The normalized spacial score (nSPS) is 16.6. The summed E-state index contributed by atoms with van der Waals surface area (Å²) in [4.78, 5) is 25.8. The van der Waals surface area contributed by atoms with Crippen LogP contribution >= 0.6 is 24.0 Å². The Bertz CT molecular complexity index is 619. The third-order valence-electron chi connectivity index (χ3n) is 4.11. The van der Waals surface area contributed by atoms with Crippen molar-refractivity contribution in [1.82, 2.24) is 10.2 Å². The van der Waals surface area contributed by atoms with Crippen molar-refractivity contribution in [2.75, 3.05) is 26.2 Å². The number of nitrogens with zero attached hydrogens (tertiary/aromatic N) is 1. The molecule has 6 nitrogen and oxygen atoms in total. The monoisotopic (exact) mass is 407 g/mol. The molecular weight excluding hydrogens is 384 g/mol. The van der Waals surface area contributed by atoms with Crippen LogP contribution in [0.4, 0.5) is 4.39 Å². The molecule has 1 aromatic rings. The minimum atomic E-state index is -0.537. The highest BCUT2D eigenvalue weighted by Crippen LogP contribution is 2.22. The van der Waals surface area contributed by atoms with Gasteiger partial charge in [0.2, 0.25) is 5.91 Å². The molecule has 1 saturated heterocycles. The van der Waals surface area contributed by atoms with Gasteiger partial charge in [-0.15, -0.1) is 12.4 Å². The molecule has 3 N–H and O–H groups in total. The number of rotatable bonds is 7. The maximum atomic E-state index is 13.1. The largest absolute Gasteiger partial charge is 0.484 e. The number of likely N-dealkylation sites (tertiary alicyclic amines) is 1. The van der Waals surface area contributed by atoms with Crippen LogP contribution in [0.15, 0.2) is 18.2 Å². The molecule has 1 unspecified atom stereocenters. The molecule has 146 valence electrons. The van der Waals surface area contributed by atoms with Crippen LogP contribution in [0.3, 0.4) is 0 Å². The van der Waals surface area contributed by atoms with E-state index >= 15 is 0 Å². The van der Waals surface area contributed by atoms with Crippen LogP contribution in [0, 0.1) is 5.82 Å². The zero-order valence-corrected chi connectivity index (χ0v) is 16.0. The van der Waals surface area contributed by atoms with E-state index in [4.69, 9.17) is 22.1 Å². The molecule has 0 aliphatic carbocycles. The van der Waals surface area contributed by atoms with E-state index in [2.05, 4.69) is 5.32 Å². The summed E-state index contributed by atoms with van der Waals surface area (Å²) in [5.74, 6) is -0.481. The summed E-state index contributed by atoms with van der Waals surface area (Å²) in [6.07, 6.45) is 3.03. The maximum Gasteiger partial charge on any atom is 0.260 e. The topological polar surface area (TPSA) is 84.7 Å². The fourth-order valence-corrected chi connectivity index (χ4v) is 2.96. The third-order valence-corrected chi connectivity index (χ3v) is 4.40. The van der Waals surface area contributed by atoms with Gasteiger partial charge in [-0.25, -0.2) is 4.39 Å². The number of nitrogens with one attached hydrogen (secondary N) is 1. The molecule has 1 fully saturated rings. The third kappa shape index (κ3) is 6.63. The van der Waals surface area contributed by atoms with Crippen LogP contribution in [-0.2, 0) is 9.59 Å². The highest BCUT2D eigenvalue weighted by molar-refractivity contribution is 6.30. The highest BCUT2D eigenvalue weighted by atomic mass is 35.5. The lowest BCUT2D eigenvalue weighted by Crippen LogP contribution is -2.50. The van der Waals surface area contributed by atoms with Crippen LogP contribution < -0.4 is 15.8 Å². The minimum Gasteiger partial charge on any atom is -0.484 e. The van der Waals surface area contributed by atoms with E-state index in [0.717, 1.165) is 19.3 Å². The summed E-state index contributed by atoms with van der Waals surface area (Å²) in [5, 5.41) is 2.76. The van der Waals surface area contributed by atoms with E-state index in [0.29, 0.717) is 25.4 Å². The van der Waals surface area contributed by atoms with Gasteiger partial charge < -0.3 is 20.7 Å². The number of hydrogen-bond acceptors (Lipinski definition) is 4. The van der Waals surface area contributed by atoms with Crippen molar-refractivity contribution in [2.45, 2.75) is 31.7 Å². The molecule has 0 spiro atoms. The smallest absolute Gasteiger partial charge is 0.260 e. The quantitative estimate of drug-likeness (QED) is 0.724. The molecule has 0 aromatic heterocycles. The van der Waals surface area contributed by atoms with E-state index < -0.39 is 5.82 Å². The molecule has 0 bridgehead atoms. The number of carbonyl (C=O) groups excluding carboxylic acids is 2. The second kappa shape index (κ2) is 11.2. The summed E-state index contributed by atoms with van der Waals surface area (Å²) >= 11 is 5.70. The Morgan fingerprint density at radius 3 is 2.85 bits per heavy atom. The molecule has 0 radical (unpaired) electrons. The van der Waals surface area contributed by atoms with E-state index in [1.807, 2.05) is 0 Å². The van der Waals surface area contributed by atoms with Crippen molar-refractivity contribution >= 4 is 35.8 Å². The number of amides is 2. The number of hydrogen-bond donors (Lipinski definition) is 2. The SMILES string of the molecule is Cl.NCCC(=O)NCC1CCCCN1C(=O)COc1ccc(F)c(Cl)c1. The molecule has 26 heavy (non-hydrogen) atoms. The molecule has 1 aromatic carbocycles. The van der Waals surface area contributed by atoms with Gasteiger partial charge in [0.1, 0.15) is 11.6 Å². The van der Waals surface area contributed by atoms with Crippen molar-refractivity contribution < 1.29 is 18.7 Å². The van der Waals surface area contributed by atoms with Crippen molar-refractivity contribution in [3.63, 3.8) is 0 Å². The number of piperidine rings is 1. The first kappa shape index (κ1) is 22.5. The number of carbonyl (C=O) groups is 2. The predicted octanol–water partition coefficient (Wildman–Crippen LogP) is 2.13. The Morgan fingerprint density at radius 1 is 1.38 bits per heavy atom. The molecule has 9 heteroatoms. The second-order valence-corrected chi connectivity index (χ2v) is 6.35. The van der Waals surface area contributed by atoms with Crippen LogP contribution in [-0.4, -0.2) is 49.0 Å². The minimum absolute atomic E-state index is 0. The molecule has 2 amide bonds. The fraction of sp³-hybridized carbons (Fsp3) is 0.529. The number of ether oxygens (including phenoxy) is 1. The number of halogens is 3. The van der Waals surface area contributed by atoms with E-state index in [1.165, 1.54) is 18.2 Å². The summed E-state index contributed by atoms with van der Waals surface area (Å²) < 4.78 is 18.6. The van der Waals surface area contributed by atoms with E-state index in [1.54, 1.807) is 4.90 Å². The van der Waals surface area contributed by atoms with Crippen molar-refractivity contribution in [2.24, 2.45) is 5.73 Å². The Balaban J connectivity index is 0.00000338. The molecule has 1 heterocycles. The van der Waals surface area contributed by atoms with Gasteiger partial charge >= 0.3 is 0 Å². The first-order valence-corrected chi connectivity index (χ1v) is 8.73. The van der Waals surface area contributed by atoms with Crippen molar-refractivity contribution in [1.29, 1.82) is 0 Å². The molecule has 2 rings (SSSR count). The number of benzene rings is 1. The summed E-state index contributed by atoms with van der Waals surface area (Å²) in [7, 11) is 0. The first-order valence-electron chi connectivity index (χ1n) is 8.35. The van der Waals surface area contributed by atoms with Gasteiger partial charge in [0.15, 0.2) is 6.61 Å². The van der Waals surface area contributed by atoms with Gasteiger partial charge in [0.05, 0.1) is 5.02 Å². The average molecular weight is 408 g/mol. The summed E-state index contributed by atoms with van der Waals surface area (Å²) in [6, 6.07) is 3.90.